The molecule has 3 aromatic carbocycles. The molecule has 0 aliphatic carbocycles. The average molecular weight is 500 g/mol. The van der Waals surface area contributed by atoms with Crippen LogP contribution >= 0.6 is 23.2 Å². The van der Waals surface area contributed by atoms with Gasteiger partial charge in [-0.2, -0.15) is 0 Å². The molecule has 0 atom stereocenters. The molecule has 0 fully saturated rings. The van der Waals surface area contributed by atoms with E-state index < -0.39 is 9.84 Å². The molecule has 0 radical (unpaired) electrons. The van der Waals surface area contributed by atoms with Gasteiger partial charge in [-0.3, -0.25) is 4.57 Å². The molecular formula is C24H19Cl2N3O3S. The van der Waals surface area contributed by atoms with Crippen LogP contribution in [0.3, 0.4) is 0 Å². The minimum Gasteiger partial charge on any atom is -0.411 e. The summed E-state index contributed by atoms with van der Waals surface area (Å²) in [6.07, 6.45) is 2.92. The van der Waals surface area contributed by atoms with Crippen LogP contribution < -0.4 is 0 Å². The lowest BCUT2D eigenvalue weighted by Crippen LogP contribution is -1.98. The SMILES string of the molecule is C/C(=N/O)c1cn(-c2ccc(-c3cccc(S(C)(=O)=O)c3)cc2)c(-c2c(Cl)cccc2Cl)n1. The van der Waals surface area contributed by atoms with Crippen molar-refractivity contribution in [3.8, 4) is 28.2 Å². The minimum atomic E-state index is -3.31. The highest BCUT2D eigenvalue weighted by Crippen LogP contribution is 2.36. The van der Waals surface area contributed by atoms with E-state index in [1.165, 1.54) is 6.26 Å². The lowest BCUT2D eigenvalue weighted by Gasteiger charge is -2.11. The highest BCUT2D eigenvalue weighted by molar-refractivity contribution is 7.90. The molecule has 0 saturated carbocycles. The predicted molar refractivity (Wildman–Crippen MR) is 132 cm³/mol. The van der Waals surface area contributed by atoms with Gasteiger partial charge in [0.05, 0.1) is 20.5 Å². The van der Waals surface area contributed by atoms with Crippen molar-refractivity contribution < 1.29 is 13.6 Å². The van der Waals surface area contributed by atoms with Gasteiger partial charge in [-0.1, -0.05) is 58.7 Å². The summed E-state index contributed by atoms with van der Waals surface area (Å²) >= 11 is 12.9. The summed E-state index contributed by atoms with van der Waals surface area (Å²) in [6, 6.07) is 19.6. The topological polar surface area (TPSA) is 84.5 Å². The van der Waals surface area contributed by atoms with Gasteiger partial charge in [0.1, 0.15) is 17.2 Å². The minimum absolute atomic E-state index is 0.262. The van der Waals surface area contributed by atoms with E-state index >= 15 is 0 Å². The number of hydrogen-bond acceptors (Lipinski definition) is 5. The first-order valence-electron chi connectivity index (χ1n) is 9.83. The first kappa shape index (κ1) is 23.0. The Morgan fingerprint density at radius 2 is 1.61 bits per heavy atom. The molecule has 0 aliphatic heterocycles. The van der Waals surface area contributed by atoms with Gasteiger partial charge in [-0.25, -0.2) is 13.4 Å². The summed E-state index contributed by atoms with van der Waals surface area (Å²) in [5.74, 6) is 0.496. The molecule has 4 aromatic rings. The van der Waals surface area contributed by atoms with Crippen molar-refractivity contribution in [3.05, 3.63) is 88.7 Å². The number of benzene rings is 3. The van der Waals surface area contributed by atoms with Crippen LogP contribution in [0.4, 0.5) is 0 Å². The molecule has 4 rings (SSSR count). The van der Waals surface area contributed by atoms with Crippen LogP contribution in [0, 0.1) is 0 Å². The third-order valence-corrected chi connectivity index (χ3v) is 6.89. The van der Waals surface area contributed by atoms with Crippen molar-refractivity contribution in [1.29, 1.82) is 0 Å². The third kappa shape index (κ3) is 4.66. The Morgan fingerprint density at radius 1 is 0.970 bits per heavy atom. The Morgan fingerprint density at radius 3 is 2.21 bits per heavy atom. The fourth-order valence-corrected chi connectivity index (χ4v) is 4.64. The lowest BCUT2D eigenvalue weighted by molar-refractivity contribution is 0.319. The molecule has 0 amide bonds. The Bertz CT molecular complexity index is 1460. The largest absolute Gasteiger partial charge is 0.411 e. The molecule has 0 spiro atoms. The van der Waals surface area contributed by atoms with Gasteiger partial charge in [0.2, 0.25) is 0 Å². The maximum atomic E-state index is 11.9. The van der Waals surface area contributed by atoms with Gasteiger partial charge >= 0.3 is 0 Å². The van der Waals surface area contributed by atoms with Crippen molar-refractivity contribution in [2.24, 2.45) is 5.16 Å². The number of halogens is 2. The van der Waals surface area contributed by atoms with Gasteiger partial charge in [0.25, 0.3) is 0 Å². The first-order chi connectivity index (χ1) is 15.7. The summed E-state index contributed by atoms with van der Waals surface area (Å²) in [5, 5.41) is 13.4. The zero-order chi connectivity index (χ0) is 23.8. The second-order valence-electron chi connectivity index (χ2n) is 7.45. The van der Waals surface area contributed by atoms with E-state index in [9.17, 15) is 13.6 Å². The number of aromatic nitrogens is 2. The molecule has 1 aromatic heterocycles. The predicted octanol–water partition coefficient (Wildman–Crippen LogP) is 6.11. The maximum Gasteiger partial charge on any atom is 0.175 e. The zero-order valence-electron chi connectivity index (χ0n) is 17.7. The second kappa shape index (κ2) is 9.02. The average Bonchev–Trinajstić information content (AvgIpc) is 3.23. The summed E-state index contributed by atoms with van der Waals surface area (Å²) in [4.78, 5) is 4.87. The molecule has 0 aliphatic rings. The number of nitrogens with zero attached hydrogens (tertiary/aromatic N) is 3. The highest BCUT2D eigenvalue weighted by atomic mass is 35.5. The standard InChI is InChI=1S/C24H19Cl2N3O3S/c1-15(28-30)22-14-29(24(27-22)23-20(25)7-4-8-21(23)26)18-11-9-16(10-12-18)17-5-3-6-19(13-17)33(2,31)32/h3-14,30H,1-2H3/b28-15-. The van der Waals surface area contributed by atoms with Gasteiger partial charge in [0, 0.05) is 18.1 Å². The molecule has 33 heavy (non-hydrogen) atoms. The first-order valence-corrected chi connectivity index (χ1v) is 12.5. The monoisotopic (exact) mass is 499 g/mol. The lowest BCUT2D eigenvalue weighted by atomic mass is 10.1. The van der Waals surface area contributed by atoms with Gasteiger partial charge in [0.15, 0.2) is 9.84 Å². The molecule has 168 valence electrons. The summed E-state index contributed by atoms with van der Waals surface area (Å²) in [7, 11) is -3.31. The van der Waals surface area contributed by atoms with Crippen LogP contribution in [0.15, 0.2) is 83.0 Å². The molecule has 0 unspecified atom stereocenters. The van der Waals surface area contributed by atoms with E-state index in [0.717, 1.165) is 16.8 Å². The van der Waals surface area contributed by atoms with Gasteiger partial charge < -0.3 is 5.21 Å². The van der Waals surface area contributed by atoms with Crippen molar-refractivity contribution in [3.63, 3.8) is 0 Å². The normalized spacial score (nSPS) is 12.2. The summed E-state index contributed by atoms with van der Waals surface area (Å²) in [6.45, 7) is 1.64. The van der Waals surface area contributed by atoms with Gasteiger partial charge in [-0.05, 0) is 54.4 Å². The zero-order valence-corrected chi connectivity index (χ0v) is 20.0. The molecular weight excluding hydrogens is 481 g/mol. The number of rotatable bonds is 5. The number of imidazole rings is 1. The number of hydrogen-bond donors (Lipinski definition) is 1. The van der Waals surface area contributed by atoms with Gasteiger partial charge in [-0.15, -0.1) is 0 Å². The molecule has 1 N–H and O–H groups in total. The second-order valence-corrected chi connectivity index (χ2v) is 10.3. The van der Waals surface area contributed by atoms with E-state index in [0.29, 0.717) is 32.8 Å². The summed E-state index contributed by atoms with van der Waals surface area (Å²) in [5.41, 5.74) is 3.78. The fourth-order valence-electron chi connectivity index (χ4n) is 3.41. The van der Waals surface area contributed by atoms with Crippen LogP contribution in [0.2, 0.25) is 10.0 Å². The summed E-state index contributed by atoms with van der Waals surface area (Å²) < 4.78 is 25.6. The Kier molecular flexibility index (Phi) is 6.30. The van der Waals surface area contributed by atoms with E-state index in [1.807, 2.05) is 34.9 Å². The van der Waals surface area contributed by atoms with Crippen molar-refractivity contribution in [1.82, 2.24) is 9.55 Å². The molecule has 6 nitrogen and oxygen atoms in total. The van der Waals surface area contributed by atoms with E-state index in [-0.39, 0.29) is 4.90 Å². The van der Waals surface area contributed by atoms with Crippen LogP contribution in [0.25, 0.3) is 28.2 Å². The molecule has 9 heteroatoms. The Hall–Kier alpha value is -3.13. The Balaban J connectivity index is 1.82. The number of oxime groups is 1. The van der Waals surface area contributed by atoms with Crippen LogP contribution in [0.5, 0.6) is 0 Å². The van der Waals surface area contributed by atoms with E-state index in [4.69, 9.17) is 23.2 Å². The van der Waals surface area contributed by atoms with Crippen molar-refractivity contribution in [2.45, 2.75) is 11.8 Å². The maximum absolute atomic E-state index is 11.9. The van der Waals surface area contributed by atoms with Crippen molar-refractivity contribution in [2.75, 3.05) is 6.26 Å². The molecule has 0 saturated heterocycles. The smallest absolute Gasteiger partial charge is 0.175 e. The Labute approximate surface area is 201 Å². The van der Waals surface area contributed by atoms with Crippen LogP contribution in [-0.4, -0.2) is 35.1 Å². The number of sulfone groups is 1. The molecule has 1 heterocycles. The van der Waals surface area contributed by atoms with Crippen LogP contribution in [-0.2, 0) is 9.84 Å². The third-order valence-electron chi connectivity index (χ3n) is 5.15. The fraction of sp³-hybridized carbons (Fsp3) is 0.0833. The molecule has 0 bridgehead atoms. The van der Waals surface area contributed by atoms with E-state index in [1.54, 1.807) is 49.5 Å². The van der Waals surface area contributed by atoms with Crippen LogP contribution in [0.1, 0.15) is 12.6 Å². The highest BCUT2D eigenvalue weighted by Gasteiger charge is 2.19. The van der Waals surface area contributed by atoms with Crippen molar-refractivity contribution >= 4 is 38.8 Å². The quantitative estimate of drug-likeness (QED) is 0.203. The van der Waals surface area contributed by atoms with E-state index in [2.05, 4.69) is 10.1 Å².